The van der Waals surface area contributed by atoms with Gasteiger partial charge in [-0.2, -0.15) is 0 Å². The van der Waals surface area contributed by atoms with Gasteiger partial charge in [-0.15, -0.1) is 11.3 Å². The Hall–Kier alpha value is -2.31. The van der Waals surface area contributed by atoms with Crippen molar-refractivity contribution in [1.82, 2.24) is 19.7 Å². The van der Waals surface area contributed by atoms with E-state index in [1.54, 1.807) is 21.8 Å². The lowest BCUT2D eigenvalue weighted by atomic mass is 9.99. The summed E-state index contributed by atoms with van der Waals surface area (Å²) >= 11 is 1.77. The number of halogens is 1. The number of nitrogens with one attached hydrogen (secondary N) is 1. The maximum absolute atomic E-state index is 14.4. The fourth-order valence-electron chi connectivity index (χ4n) is 3.70. The van der Waals surface area contributed by atoms with Crippen molar-refractivity contribution in [2.75, 3.05) is 13.1 Å². The summed E-state index contributed by atoms with van der Waals surface area (Å²) in [4.78, 5) is 9.07. The third kappa shape index (κ3) is 2.70. The number of rotatable bonds is 2. The van der Waals surface area contributed by atoms with Gasteiger partial charge in [0.2, 0.25) is 0 Å². The predicted molar refractivity (Wildman–Crippen MR) is 103 cm³/mol. The number of imidazole rings is 1. The van der Waals surface area contributed by atoms with Crippen LogP contribution in [0.5, 0.6) is 0 Å². The zero-order valence-corrected chi connectivity index (χ0v) is 15.3. The first-order valence-corrected chi connectivity index (χ1v) is 9.75. The summed E-state index contributed by atoms with van der Waals surface area (Å²) in [5.41, 5.74) is 4.08. The van der Waals surface area contributed by atoms with E-state index in [2.05, 4.69) is 16.4 Å². The molecule has 1 N–H and O–H groups in total. The highest BCUT2D eigenvalue weighted by atomic mass is 32.1. The van der Waals surface area contributed by atoms with Crippen molar-refractivity contribution in [1.29, 1.82) is 0 Å². The molecule has 0 radical (unpaired) electrons. The SMILES string of the molecule is Cc1cn2cc(-c3ccc4nc(C5CCNCC5)sc4c3)cc(F)c2n1. The summed E-state index contributed by atoms with van der Waals surface area (Å²) in [6, 6.07) is 7.77. The van der Waals surface area contributed by atoms with Crippen LogP contribution in [0.15, 0.2) is 36.7 Å². The first-order chi connectivity index (χ1) is 12.7. The summed E-state index contributed by atoms with van der Waals surface area (Å²) in [6.07, 6.45) is 6.08. The summed E-state index contributed by atoms with van der Waals surface area (Å²) in [5.74, 6) is 0.259. The summed E-state index contributed by atoms with van der Waals surface area (Å²) < 4.78 is 17.3. The zero-order valence-electron chi connectivity index (χ0n) is 14.5. The minimum absolute atomic E-state index is 0.296. The van der Waals surface area contributed by atoms with Crippen LogP contribution in [0.25, 0.3) is 27.0 Å². The van der Waals surface area contributed by atoms with E-state index in [-0.39, 0.29) is 5.82 Å². The van der Waals surface area contributed by atoms with E-state index in [1.165, 1.54) is 9.71 Å². The minimum Gasteiger partial charge on any atom is -0.317 e. The number of benzene rings is 1. The van der Waals surface area contributed by atoms with Gasteiger partial charge in [0.05, 0.1) is 20.9 Å². The number of hydrogen-bond donors (Lipinski definition) is 1. The highest BCUT2D eigenvalue weighted by Gasteiger charge is 2.19. The van der Waals surface area contributed by atoms with Gasteiger partial charge in [-0.25, -0.2) is 14.4 Å². The zero-order chi connectivity index (χ0) is 17.7. The summed E-state index contributed by atoms with van der Waals surface area (Å²) in [6.45, 7) is 4.00. The van der Waals surface area contributed by atoms with Crippen molar-refractivity contribution < 1.29 is 4.39 Å². The summed E-state index contributed by atoms with van der Waals surface area (Å²) in [5, 5.41) is 4.63. The molecule has 3 aromatic heterocycles. The maximum Gasteiger partial charge on any atom is 0.173 e. The highest BCUT2D eigenvalue weighted by Crippen LogP contribution is 2.34. The quantitative estimate of drug-likeness (QED) is 0.567. The fraction of sp³-hybridized carbons (Fsp3) is 0.300. The Morgan fingerprint density at radius 1 is 1.12 bits per heavy atom. The molecule has 0 spiro atoms. The lowest BCUT2D eigenvalue weighted by molar-refractivity contribution is 0.459. The lowest BCUT2D eigenvalue weighted by Gasteiger charge is -2.20. The Balaban J connectivity index is 1.56. The van der Waals surface area contributed by atoms with Gasteiger partial charge in [-0.1, -0.05) is 6.07 Å². The van der Waals surface area contributed by atoms with E-state index in [1.807, 2.05) is 31.5 Å². The van der Waals surface area contributed by atoms with Crippen molar-refractivity contribution >= 4 is 27.2 Å². The molecule has 4 heterocycles. The number of aromatic nitrogens is 3. The number of fused-ring (bicyclic) bond motifs is 2. The Morgan fingerprint density at radius 2 is 1.96 bits per heavy atom. The van der Waals surface area contributed by atoms with Crippen molar-refractivity contribution in [3.05, 3.63) is 53.2 Å². The van der Waals surface area contributed by atoms with Crippen LogP contribution in [-0.2, 0) is 0 Å². The standard InChI is InChI=1S/C20H19FN4S/c1-12-10-25-11-15(8-16(21)19(25)23-12)14-2-3-17-18(9-14)26-20(24-17)13-4-6-22-7-5-13/h2-3,8-11,13,22H,4-7H2,1H3. The number of nitrogens with zero attached hydrogens (tertiary/aromatic N) is 3. The Morgan fingerprint density at radius 3 is 2.81 bits per heavy atom. The topological polar surface area (TPSA) is 42.2 Å². The third-order valence-electron chi connectivity index (χ3n) is 5.05. The van der Waals surface area contributed by atoms with Crippen LogP contribution in [0, 0.1) is 12.7 Å². The highest BCUT2D eigenvalue weighted by molar-refractivity contribution is 7.18. The van der Waals surface area contributed by atoms with Crippen molar-refractivity contribution in [3.8, 4) is 11.1 Å². The van der Waals surface area contributed by atoms with E-state index < -0.39 is 0 Å². The van der Waals surface area contributed by atoms with E-state index in [0.29, 0.717) is 11.6 Å². The molecule has 0 amide bonds. The molecule has 0 bridgehead atoms. The van der Waals surface area contributed by atoms with Crippen LogP contribution in [-0.4, -0.2) is 27.5 Å². The molecule has 0 aliphatic carbocycles. The Bertz CT molecular complexity index is 1110. The molecular formula is C20H19FN4S. The second-order valence-corrected chi connectivity index (χ2v) is 8.01. The number of hydrogen-bond acceptors (Lipinski definition) is 4. The van der Waals surface area contributed by atoms with Gasteiger partial charge in [0.25, 0.3) is 0 Å². The monoisotopic (exact) mass is 366 g/mol. The Labute approximate surface area is 154 Å². The molecule has 132 valence electrons. The molecular weight excluding hydrogens is 347 g/mol. The molecule has 4 nitrogen and oxygen atoms in total. The van der Waals surface area contributed by atoms with Crippen LogP contribution < -0.4 is 5.32 Å². The molecule has 1 fully saturated rings. The molecule has 4 aromatic rings. The molecule has 1 aliphatic rings. The number of piperidine rings is 1. The number of aryl methyl sites for hydroxylation is 1. The number of pyridine rings is 1. The normalized spacial score (nSPS) is 15.9. The average Bonchev–Trinajstić information content (AvgIpc) is 3.24. The minimum atomic E-state index is -0.296. The molecule has 1 saturated heterocycles. The second-order valence-electron chi connectivity index (χ2n) is 6.95. The van der Waals surface area contributed by atoms with Gasteiger partial charge >= 0.3 is 0 Å². The van der Waals surface area contributed by atoms with E-state index >= 15 is 0 Å². The number of thiazole rings is 1. The lowest BCUT2D eigenvalue weighted by Crippen LogP contribution is -2.26. The van der Waals surface area contributed by atoms with Gasteiger partial charge < -0.3 is 9.72 Å². The van der Waals surface area contributed by atoms with Crippen LogP contribution in [0.3, 0.4) is 0 Å². The maximum atomic E-state index is 14.4. The molecule has 6 heteroatoms. The van der Waals surface area contributed by atoms with Gasteiger partial charge in [-0.05, 0) is 56.6 Å². The smallest absolute Gasteiger partial charge is 0.173 e. The van der Waals surface area contributed by atoms with Crippen molar-refractivity contribution in [2.24, 2.45) is 0 Å². The van der Waals surface area contributed by atoms with Crippen LogP contribution in [0.4, 0.5) is 4.39 Å². The predicted octanol–water partition coefficient (Wildman–Crippen LogP) is 4.53. The van der Waals surface area contributed by atoms with E-state index in [9.17, 15) is 4.39 Å². The molecule has 0 atom stereocenters. The van der Waals surface area contributed by atoms with Crippen molar-refractivity contribution in [3.63, 3.8) is 0 Å². The Kier molecular flexibility index (Phi) is 3.76. The largest absolute Gasteiger partial charge is 0.317 e. The second kappa shape index (κ2) is 6.14. The fourth-order valence-corrected chi connectivity index (χ4v) is 4.88. The first-order valence-electron chi connectivity index (χ1n) is 8.94. The summed E-state index contributed by atoms with van der Waals surface area (Å²) in [7, 11) is 0. The van der Waals surface area contributed by atoms with E-state index in [0.717, 1.165) is 48.3 Å². The molecule has 0 saturated carbocycles. The van der Waals surface area contributed by atoms with Gasteiger partial charge in [0.1, 0.15) is 0 Å². The van der Waals surface area contributed by atoms with Crippen molar-refractivity contribution in [2.45, 2.75) is 25.7 Å². The average molecular weight is 366 g/mol. The van der Waals surface area contributed by atoms with Crippen LogP contribution >= 0.6 is 11.3 Å². The van der Waals surface area contributed by atoms with Gasteiger partial charge in [0, 0.05) is 23.9 Å². The van der Waals surface area contributed by atoms with E-state index in [4.69, 9.17) is 4.98 Å². The molecule has 1 aromatic carbocycles. The molecule has 26 heavy (non-hydrogen) atoms. The first kappa shape index (κ1) is 15.9. The van der Waals surface area contributed by atoms with Crippen LogP contribution in [0.2, 0.25) is 0 Å². The van der Waals surface area contributed by atoms with Gasteiger partial charge in [-0.3, -0.25) is 0 Å². The third-order valence-corrected chi connectivity index (χ3v) is 6.23. The molecule has 5 rings (SSSR count). The van der Waals surface area contributed by atoms with Gasteiger partial charge in [0.15, 0.2) is 11.5 Å². The molecule has 0 unspecified atom stereocenters. The molecule has 1 aliphatic heterocycles. The van der Waals surface area contributed by atoms with Crippen LogP contribution in [0.1, 0.15) is 29.5 Å².